The van der Waals surface area contributed by atoms with Gasteiger partial charge in [-0.2, -0.15) is 0 Å². The number of rotatable bonds is 5. The summed E-state index contributed by atoms with van der Waals surface area (Å²) in [5.74, 6) is -1.13. The number of aromatic carboxylic acids is 1. The molecule has 0 atom stereocenters. The van der Waals surface area contributed by atoms with Gasteiger partial charge >= 0.3 is 5.97 Å². The number of amides is 1. The fraction of sp³-hybridized carbons (Fsp3) is 0.176. The van der Waals surface area contributed by atoms with Crippen LogP contribution in [0.5, 0.6) is 0 Å². The molecule has 1 N–H and O–H groups in total. The molecule has 2 rings (SSSR count). The van der Waals surface area contributed by atoms with E-state index in [-0.39, 0.29) is 17.9 Å². The molecule has 108 valence electrons. The number of carboxylic acids is 1. The van der Waals surface area contributed by atoms with E-state index in [1.54, 1.807) is 23.1 Å². The van der Waals surface area contributed by atoms with E-state index in [1.807, 2.05) is 37.3 Å². The summed E-state index contributed by atoms with van der Waals surface area (Å²) in [4.78, 5) is 25.3. The van der Waals surface area contributed by atoms with E-state index >= 15 is 0 Å². The van der Waals surface area contributed by atoms with E-state index in [4.69, 9.17) is 5.11 Å². The molecule has 0 saturated carbocycles. The van der Waals surface area contributed by atoms with Gasteiger partial charge in [-0.15, -0.1) is 0 Å². The van der Waals surface area contributed by atoms with Crippen LogP contribution in [-0.2, 0) is 11.2 Å². The molecule has 4 heteroatoms. The number of carbonyl (C=O) groups is 2. The maximum atomic E-state index is 12.5. The third-order valence-corrected chi connectivity index (χ3v) is 3.27. The van der Waals surface area contributed by atoms with Crippen LogP contribution in [0.3, 0.4) is 0 Å². The van der Waals surface area contributed by atoms with Crippen molar-refractivity contribution in [2.75, 3.05) is 11.4 Å². The van der Waals surface area contributed by atoms with Crippen molar-refractivity contribution in [1.29, 1.82) is 0 Å². The molecule has 0 aromatic heterocycles. The second-order valence-electron chi connectivity index (χ2n) is 4.61. The van der Waals surface area contributed by atoms with Crippen molar-refractivity contribution in [3.05, 3.63) is 65.7 Å². The lowest BCUT2D eigenvalue weighted by Gasteiger charge is -2.21. The Labute approximate surface area is 123 Å². The van der Waals surface area contributed by atoms with E-state index in [2.05, 4.69) is 0 Å². The maximum absolute atomic E-state index is 12.5. The molecule has 0 aliphatic rings. The first-order valence-electron chi connectivity index (χ1n) is 6.80. The number of para-hydroxylation sites is 1. The normalized spacial score (nSPS) is 10.1. The second-order valence-corrected chi connectivity index (χ2v) is 4.61. The minimum atomic E-state index is -1.01. The van der Waals surface area contributed by atoms with E-state index in [0.29, 0.717) is 12.1 Å². The number of likely N-dealkylation sites (N-methyl/N-ethyl adjacent to an activating group) is 1. The number of carboxylic acid groups (broad SMARTS) is 1. The van der Waals surface area contributed by atoms with Crippen molar-refractivity contribution in [2.24, 2.45) is 0 Å². The molecule has 1 amide bonds. The van der Waals surface area contributed by atoms with Gasteiger partial charge in [0.1, 0.15) is 0 Å². The Morgan fingerprint density at radius 1 is 1.00 bits per heavy atom. The summed E-state index contributed by atoms with van der Waals surface area (Å²) in [6, 6.07) is 16.0. The van der Waals surface area contributed by atoms with Crippen LogP contribution >= 0.6 is 0 Å². The zero-order valence-electron chi connectivity index (χ0n) is 11.8. The van der Waals surface area contributed by atoms with Gasteiger partial charge in [-0.1, -0.05) is 36.4 Å². The average Bonchev–Trinajstić information content (AvgIpc) is 2.49. The third-order valence-electron chi connectivity index (χ3n) is 3.27. The predicted octanol–water partition coefficient (Wildman–Crippen LogP) is 2.98. The predicted molar refractivity (Wildman–Crippen MR) is 81.6 cm³/mol. The van der Waals surface area contributed by atoms with Gasteiger partial charge in [-0.05, 0) is 30.7 Å². The van der Waals surface area contributed by atoms with Crippen LogP contribution in [0.15, 0.2) is 54.6 Å². The number of nitrogens with zero attached hydrogens (tertiary/aromatic N) is 1. The Bertz CT molecular complexity index is 637. The van der Waals surface area contributed by atoms with E-state index in [1.165, 1.54) is 6.07 Å². The average molecular weight is 283 g/mol. The number of hydrogen-bond acceptors (Lipinski definition) is 2. The zero-order valence-corrected chi connectivity index (χ0v) is 11.8. The molecule has 2 aromatic rings. The van der Waals surface area contributed by atoms with Gasteiger partial charge in [0, 0.05) is 12.2 Å². The fourth-order valence-corrected chi connectivity index (χ4v) is 2.25. The molecular weight excluding hydrogens is 266 g/mol. The van der Waals surface area contributed by atoms with Crippen LogP contribution in [0.4, 0.5) is 5.69 Å². The minimum absolute atomic E-state index is 0.0746. The summed E-state index contributed by atoms with van der Waals surface area (Å²) < 4.78 is 0. The molecule has 0 bridgehead atoms. The van der Waals surface area contributed by atoms with Gasteiger partial charge in [0.2, 0.25) is 5.91 Å². The number of anilines is 1. The fourth-order valence-electron chi connectivity index (χ4n) is 2.25. The van der Waals surface area contributed by atoms with Gasteiger partial charge in [-0.3, -0.25) is 4.79 Å². The second kappa shape index (κ2) is 6.70. The molecule has 0 radical (unpaired) electrons. The Morgan fingerprint density at radius 2 is 1.62 bits per heavy atom. The number of benzene rings is 2. The third kappa shape index (κ3) is 3.48. The monoisotopic (exact) mass is 283 g/mol. The van der Waals surface area contributed by atoms with Crippen molar-refractivity contribution in [3.8, 4) is 0 Å². The lowest BCUT2D eigenvalue weighted by Crippen LogP contribution is -2.32. The number of carbonyl (C=O) groups excluding carboxylic acids is 1. The molecule has 0 aliphatic heterocycles. The molecular formula is C17H17NO3. The summed E-state index contributed by atoms with van der Waals surface area (Å²) in [7, 11) is 0. The van der Waals surface area contributed by atoms with Crippen molar-refractivity contribution in [3.63, 3.8) is 0 Å². The van der Waals surface area contributed by atoms with Crippen molar-refractivity contribution >= 4 is 17.6 Å². The zero-order chi connectivity index (χ0) is 15.2. The lowest BCUT2D eigenvalue weighted by atomic mass is 10.0. The Hall–Kier alpha value is -2.62. The van der Waals surface area contributed by atoms with Gasteiger partial charge in [0.05, 0.1) is 12.0 Å². The van der Waals surface area contributed by atoms with Gasteiger partial charge < -0.3 is 10.0 Å². The standard InChI is InChI=1S/C17H17NO3/c1-2-18(14-9-4-3-5-10-14)16(19)12-13-8-6-7-11-15(13)17(20)21/h3-11H,2,12H2,1H3,(H,20,21). The maximum Gasteiger partial charge on any atom is 0.335 e. The van der Waals surface area contributed by atoms with Gasteiger partial charge in [0.15, 0.2) is 0 Å². The van der Waals surface area contributed by atoms with E-state index < -0.39 is 5.97 Å². The van der Waals surface area contributed by atoms with Crippen LogP contribution in [0.2, 0.25) is 0 Å². The van der Waals surface area contributed by atoms with Crippen LogP contribution in [-0.4, -0.2) is 23.5 Å². The Morgan fingerprint density at radius 3 is 2.24 bits per heavy atom. The minimum Gasteiger partial charge on any atom is -0.478 e. The molecule has 0 heterocycles. The molecule has 0 spiro atoms. The van der Waals surface area contributed by atoms with Crippen molar-refractivity contribution < 1.29 is 14.7 Å². The molecule has 0 fully saturated rings. The molecule has 0 saturated heterocycles. The smallest absolute Gasteiger partial charge is 0.335 e. The van der Waals surface area contributed by atoms with Crippen LogP contribution in [0, 0.1) is 0 Å². The molecule has 0 unspecified atom stereocenters. The quantitative estimate of drug-likeness (QED) is 0.917. The lowest BCUT2D eigenvalue weighted by molar-refractivity contribution is -0.117. The summed E-state index contributed by atoms with van der Waals surface area (Å²) >= 11 is 0. The first kappa shape index (κ1) is 14.8. The largest absolute Gasteiger partial charge is 0.478 e. The molecule has 4 nitrogen and oxygen atoms in total. The topological polar surface area (TPSA) is 57.6 Å². The van der Waals surface area contributed by atoms with Gasteiger partial charge in [-0.25, -0.2) is 4.79 Å². The van der Waals surface area contributed by atoms with E-state index in [0.717, 1.165) is 5.69 Å². The highest BCUT2D eigenvalue weighted by atomic mass is 16.4. The summed E-state index contributed by atoms with van der Waals surface area (Å²) in [5, 5.41) is 9.17. The van der Waals surface area contributed by atoms with Crippen molar-refractivity contribution in [1.82, 2.24) is 0 Å². The van der Waals surface area contributed by atoms with Crippen LogP contribution in [0.1, 0.15) is 22.8 Å². The summed E-state index contributed by atoms with van der Waals surface area (Å²) in [6.45, 7) is 2.44. The molecule has 2 aromatic carbocycles. The van der Waals surface area contributed by atoms with E-state index in [9.17, 15) is 9.59 Å². The Balaban J connectivity index is 2.23. The molecule has 21 heavy (non-hydrogen) atoms. The first-order chi connectivity index (χ1) is 10.1. The Kier molecular flexibility index (Phi) is 4.72. The highest BCUT2D eigenvalue weighted by molar-refractivity contribution is 5.97. The summed E-state index contributed by atoms with van der Waals surface area (Å²) in [6.07, 6.45) is 0.0746. The highest BCUT2D eigenvalue weighted by Crippen LogP contribution is 2.16. The highest BCUT2D eigenvalue weighted by Gasteiger charge is 2.17. The van der Waals surface area contributed by atoms with Crippen LogP contribution < -0.4 is 4.90 Å². The summed E-state index contributed by atoms with van der Waals surface area (Å²) in [5.41, 5.74) is 1.53. The number of hydrogen-bond donors (Lipinski definition) is 1. The van der Waals surface area contributed by atoms with Crippen molar-refractivity contribution in [2.45, 2.75) is 13.3 Å². The SMILES string of the molecule is CCN(C(=O)Cc1ccccc1C(=O)O)c1ccccc1. The molecule has 0 aliphatic carbocycles. The first-order valence-corrected chi connectivity index (χ1v) is 6.80. The van der Waals surface area contributed by atoms with Crippen LogP contribution in [0.25, 0.3) is 0 Å². The van der Waals surface area contributed by atoms with Gasteiger partial charge in [0.25, 0.3) is 0 Å².